The molecule has 1 saturated heterocycles. The molecular weight excluding hydrogens is 346 g/mol. The molecule has 4 bridgehead atoms. The summed E-state index contributed by atoms with van der Waals surface area (Å²) in [5.41, 5.74) is 0.841. The highest BCUT2D eigenvalue weighted by Crippen LogP contribution is 2.67. The lowest BCUT2D eigenvalue weighted by molar-refractivity contribution is -0.213. The molecule has 1 heterocycles. The number of urea groups is 1. The minimum absolute atomic E-state index is 0.000137. The second-order valence-electron chi connectivity index (χ2n) is 10.1. The lowest BCUT2D eigenvalue weighted by Crippen LogP contribution is -2.59. The number of carbonyl (C=O) groups is 3. The number of ether oxygens (including phenoxy) is 1. The zero-order valence-electron chi connectivity index (χ0n) is 16.4. The highest BCUT2D eigenvalue weighted by Gasteiger charge is 2.60. The van der Waals surface area contributed by atoms with Gasteiger partial charge in [-0.3, -0.25) is 14.9 Å². The van der Waals surface area contributed by atoms with Gasteiger partial charge in [-0.15, -0.1) is 0 Å². The number of hydrogen-bond acceptors (Lipinski definition) is 4. The highest BCUT2D eigenvalue weighted by atomic mass is 16.5. The number of rotatable bonds is 7. The van der Waals surface area contributed by atoms with Crippen LogP contribution in [0.3, 0.4) is 0 Å². The zero-order chi connectivity index (χ0) is 19.3. The lowest BCUT2D eigenvalue weighted by atomic mass is 9.43. The second-order valence-corrected chi connectivity index (χ2v) is 10.1. The van der Waals surface area contributed by atoms with Gasteiger partial charge in [0.05, 0.1) is 12.2 Å². The highest BCUT2D eigenvalue weighted by molar-refractivity contribution is 6.04. The predicted molar refractivity (Wildman–Crippen MR) is 98.8 cm³/mol. The van der Waals surface area contributed by atoms with Gasteiger partial charge in [-0.1, -0.05) is 13.8 Å². The van der Waals surface area contributed by atoms with Crippen LogP contribution in [-0.4, -0.2) is 42.6 Å². The van der Waals surface area contributed by atoms with E-state index < -0.39 is 12.1 Å². The number of nitrogens with one attached hydrogen (secondary N) is 3. The van der Waals surface area contributed by atoms with Crippen molar-refractivity contribution < 1.29 is 19.1 Å². The van der Waals surface area contributed by atoms with Gasteiger partial charge in [0.1, 0.15) is 6.04 Å². The van der Waals surface area contributed by atoms with Crippen LogP contribution in [0.25, 0.3) is 0 Å². The molecule has 4 saturated carbocycles. The Bertz CT molecular complexity index is 646. The van der Waals surface area contributed by atoms with Gasteiger partial charge in [0.15, 0.2) is 0 Å². The number of amides is 4. The Labute approximate surface area is 160 Å². The standard InChI is InChI=1S/C20H31N3O4/c1-18-7-13-8-19(2,10-18)12-20(9-13,11-18)27-6-5-21-15(24)4-3-14-16(25)23-17(26)22-14/h13-14H,3-12H2,1-2H3,(H,21,24)(H2,22,23,25,26)/t13?,14-,18?,19?,20?/m0/s1. The van der Waals surface area contributed by atoms with E-state index in [9.17, 15) is 14.4 Å². The van der Waals surface area contributed by atoms with Crippen LogP contribution in [0.5, 0.6) is 0 Å². The molecule has 3 atom stereocenters. The molecule has 150 valence electrons. The molecule has 5 rings (SSSR count). The van der Waals surface area contributed by atoms with Gasteiger partial charge in [0, 0.05) is 13.0 Å². The molecule has 3 N–H and O–H groups in total. The van der Waals surface area contributed by atoms with E-state index in [4.69, 9.17) is 4.74 Å². The van der Waals surface area contributed by atoms with Gasteiger partial charge < -0.3 is 15.4 Å². The summed E-state index contributed by atoms with van der Waals surface area (Å²) in [5, 5.41) is 7.55. The first-order valence-electron chi connectivity index (χ1n) is 10.2. The van der Waals surface area contributed by atoms with Crippen molar-refractivity contribution in [2.45, 2.75) is 76.9 Å². The van der Waals surface area contributed by atoms with Gasteiger partial charge in [-0.05, 0) is 61.7 Å². The van der Waals surface area contributed by atoms with Crippen molar-refractivity contribution in [1.29, 1.82) is 0 Å². The molecule has 4 aliphatic carbocycles. The third kappa shape index (κ3) is 3.84. The number of hydrogen-bond donors (Lipinski definition) is 3. The summed E-state index contributed by atoms with van der Waals surface area (Å²) >= 11 is 0. The van der Waals surface area contributed by atoms with Crippen molar-refractivity contribution in [3.63, 3.8) is 0 Å². The molecule has 0 radical (unpaired) electrons. The molecule has 2 unspecified atom stereocenters. The van der Waals surface area contributed by atoms with Gasteiger partial charge in [0.2, 0.25) is 5.91 Å². The maximum atomic E-state index is 12.0. The minimum atomic E-state index is -0.604. The van der Waals surface area contributed by atoms with E-state index >= 15 is 0 Å². The molecule has 5 aliphatic rings. The lowest BCUT2D eigenvalue weighted by Gasteiger charge is -2.65. The minimum Gasteiger partial charge on any atom is -0.373 e. The fourth-order valence-electron chi connectivity index (χ4n) is 6.99. The molecule has 0 spiro atoms. The van der Waals surface area contributed by atoms with Crippen LogP contribution in [0.2, 0.25) is 0 Å². The molecule has 5 fully saturated rings. The summed E-state index contributed by atoms with van der Waals surface area (Å²) < 4.78 is 6.40. The van der Waals surface area contributed by atoms with Gasteiger partial charge in [-0.2, -0.15) is 0 Å². The third-order valence-electron chi connectivity index (χ3n) is 6.93. The van der Waals surface area contributed by atoms with Crippen LogP contribution >= 0.6 is 0 Å². The van der Waals surface area contributed by atoms with Crippen molar-refractivity contribution in [2.24, 2.45) is 16.7 Å². The Morgan fingerprint density at radius 3 is 2.44 bits per heavy atom. The van der Waals surface area contributed by atoms with E-state index in [1.54, 1.807) is 0 Å². The Hall–Kier alpha value is -1.63. The van der Waals surface area contributed by atoms with E-state index in [1.165, 1.54) is 25.7 Å². The molecule has 0 aromatic rings. The number of imide groups is 1. The first kappa shape index (κ1) is 18.7. The zero-order valence-corrected chi connectivity index (χ0v) is 16.4. The molecule has 27 heavy (non-hydrogen) atoms. The van der Waals surface area contributed by atoms with Crippen LogP contribution in [0, 0.1) is 16.7 Å². The van der Waals surface area contributed by atoms with E-state index in [2.05, 4.69) is 29.8 Å². The number of carbonyl (C=O) groups excluding carboxylic acids is 3. The van der Waals surface area contributed by atoms with Crippen LogP contribution in [0.4, 0.5) is 4.79 Å². The topological polar surface area (TPSA) is 96.5 Å². The van der Waals surface area contributed by atoms with Crippen molar-refractivity contribution in [1.82, 2.24) is 16.0 Å². The van der Waals surface area contributed by atoms with Gasteiger partial charge >= 0.3 is 6.03 Å². The second kappa shape index (κ2) is 6.47. The van der Waals surface area contributed by atoms with E-state index in [0.717, 1.165) is 18.8 Å². The van der Waals surface area contributed by atoms with Gasteiger partial charge in [-0.25, -0.2) is 4.79 Å². The molecule has 1 aliphatic heterocycles. The first-order valence-corrected chi connectivity index (χ1v) is 10.2. The van der Waals surface area contributed by atoms with Crippen molar-refractivity contribution in [3.8, 4) is 0 Å². The van der Waals surface area contributed by atoms with E-state index in [1.807, 2.05) is 0 Å². The smallest absolute Gasteiger partial charge is 0.322 e. The van der Waals surface area contributed by atoms with Crippen molar-refractivity contribution >= 4 is 17.8 Å². The first-order chi connectivity index (χ1) is 12.7. The SMILES string of the molecule is CC12CC3CC(C)(C1)CC(OCCNC(=O)CC[C@@H]1NC(=O)NC1=O)(C3)C2. The molecule has 0 aromatic heterocycles. The summed E-state index contributed by atoms with van der Waals surface area (Å²) in [6, 6.07) is -1.09. The van der Waals surface area contributed by atoms with Crippen LogP contribution < -0.4 is 16.0 Å². The maximum absolute atomic E-state index is 12.0. The quantitative estimate of drug-likeness (QED) is 0.466. The Balaban J connectivity index is 1.20. The average Bonchev–Trinajstić information content (AvgIpc) is 2.84. The maximum Gasteiger partial charge on any atom is 0.322 e. The van der Waals surface area contributed by atoms with E-state index in [-0.39, 0.29) is 23.8 Å². The average molecular weight is 377 g/mol. The normalized spacial score (nSPS) is 42.1. The molecular formula is C20H31N3O4. The molecule has 0 aromatic carbocycles. The predicted octanol–water partition coefficient (Wildman–Crippen LogP) is 1.86. The summed E-state index contributed by atoms with van der Waals surface area (Å²) in [4.78, 5) is 34.5. The summed E-state index contributed by atoms with van der Waals surface area (Å²) in [7, 11) is 0. The van der Waals surface area contributed by atoms with Crippen molar-refractivity contribution in [3.05, 3.63) is 0 Å². The summed E-state index contributed by atoms with van der Waals surface area (Å²) in [5.74, 6) is 0.315. The molecule has 7 heteroatoms. The van der Waals surface area contributed by atoms with Crippen molar-refractivity contribution in [2.75, 3.05) is 13.2 Å². The monoisotopic (exact) mass is 377 g/mol. The van der Waals surface area contributed by atoms with E-state index in [0.29, 0.717) is 30.4 Å². The summed E-state index contributed by atoms with van der Waals surface area (Å²) in [6.07, 6.45) is 8.00. The third-order valence-corrected chi connectivity index (χ3v) is 6.93. The fourth-order valence-corrected chi connectivity index (χ4v) is 6.99. The fraction of sp³-hybridized carbons (Fsp3) is 0.850. The Morgan fingerprint density at radius 1 is 1.15 bits per heavy atom. The molecule has 4 amide bonds. The summed E-state index contributed by atoms with van der Waals surface area (Å²) in [6.45, 7) is 5.87. The van der Waals surface area contributed by atoms with Crippen LogP contribution in [-0.2, 0) is 14.3 Å². The Morgan fingerprint density at radius 2 is 1.85 bits per heavy atom. The largest absolute Gasteiger partial charge is 0.373 e. The van der Waals surface area contributed by atoms with Gasteiger partial charge in [0.25, 0.3) is 5.91 Å². The van der Waals surface area contributed by atoms with Crippen LogP contribution in [0.15, 0.2) is 0 Å². The molecule has 7 nitrogen and oxygen atoms in total. The van der Waals surface area contributed by atoms with Crippen LogP contribution in [0.1, 0.15) is 65.2 Å². The Kier molecular flexibility index (Phi) is 4.48.